The molecule has 0 aliphatic rings. The van der Waals surface area contributed by atoms with Crippen molar-refractivity contribution in [2.24, 2.45) is 0 Å². The quantitative estimate of drug-likeness (QED) is 0.802. The topological polar surface area (TPSA) is 26.2 Å². The zero-order chi connectivity index (χ0) is 12.1. The van der Waals surface area contributed by atoms with Crippen molar-refractivity contribution in [3.63, 3.8) is 0 Å². The van der Waals surface area contributed by atoms with Gasteiger partial charge in [0.15, 0.2) is 0 Å². The highest BCUT2D eigenvalue weighted by Gasteiger charge is 2.08. The average Bonchev–Trinajstić information content (AvgIpc) is 2.51. The second-order valence-corrected chi connectivity index (χ2v) is 4.38. The van der Waals surface area contributed by atoms with Crippen LogP contribution < -0.4 is 5.32 Å². The van der Waals surface area contributed by atoms with E-state index in [4.69, 9.17) is 4.74 Å². The van der Waals surface area contributed by atoms with E-state index in [9.17, 15) is 0 Å². The summed E-state index contributed by atoms with van der Waals surface area (Å²) >= 11 is 0. The van der Waals surface area contributed by atoms with E-state index in [2.05, 4.69) is 43.6 Å². The van der Waals surface area contributed by atoms with Crippen LogP contribution in [0.1, 0.15) is 30.8 Å². The van der Waals surface area contributed by atoms with Crippen molar-refractivity contribution in [2.75, 3.05) is 13.7 Å². The van der Waals surface area contributed by atoms with Crippen molar-refractivity contribution < 1.29 is 4.74 Å². The van der Waals surface area contributed by atoms with Gasteiger partial charge in [-0.2, -0.15) is 0 Å². The van der Waals surface area contributed by atoms with Crippen LogP contribution >= 0.6 is 0 Å². The van der Waals surface area contributed by atoms with Crippen LogP contribution in [0, 0.1) is 13.8 Å². The van der Waals surface area contributed by atoms with Crippen LogP contribution in [0.15, 0.2) is 6.07 Å². The van der Waals surface area contributed by atoms with Crippen LogP contribution in [0.5, 0.6) is 0 Å². The van der Waals surface area contributed by atoms with Gasteiger partial charge in [0.25, 0.3) is 0 Å². The second kappa shape index (κ2) is 6.06. The number of nitrogens with zero attached hydrogens (tertiary/aromatic N) is 1. The minimum absolute atomic E-state index is 0.398. The van der Waals surface area contributed by atoms with Gasteiger partial charge < -0.3 is 14.6 Å². The standard InChI is InChI=1S/C13H24N2O/c1-6-15-11(3)7-13(12(15)4)8-14-10(2)9-16-5/h7,10,14H,6,8-9H2,1-5H3. The summed E-state index contributed by atoms with van der Waals surface area (Å²) in [5.74, 6) is 0. The maximum absolute atomic E-state index is 5.10. The zero-order valence-corrected chi connectivity index (χ0v) is 11.1. The fourth-order valence-electron chi connectivity index (χ4n) is 2.13. The SMILES string of the molecule is CCn1c(C)cc(CNC(C)COC)c1C. The molecule has 16 heavy (non-hydrogen) atoms. The van der Waals surface area contributed by atoms with Crippen LogP contribution in [0.4, 0.5) is 0 Å². The van der Waals surface area contributed by atoms with Gasteiger partial charge in [0, 0.05) is 37.6 Å². The molecular weight excluding hydrogens is 200 g/mol. The van der Waals surface area contributed by atoms with Gasteiger partial charge in [0.05, 0.1) is 6.61 Å². The van der Waals surface area contributed by atoms with Crippen molar-refractivity contribution >= 4 is 0 Å². The predicted molar refractivity (Wildman–Crippen MR) is 67.8 cm³/mol. The molecule has 3 nitrogen and oxygen atoms in total. The lowest BCUT2D eigenvalue weighted by molar-refractivity contribution is 0.171. The highest BCUT2D eigenvalue weighted by Crippen LogP contribution is 2.14. The summed E-state index contributed by atoms with van der Waals surface area (Å²) in [5.41, 5.74) is 4.11. The Bertz CT molecular complexity index is 331. The fraction of sp³-hybridized carbons (Fsp3) is 0.692. The molecule has 92 valence electrons. The molecule has 0 radical (unpaired) electrons. The lowest BCUT2D eigenvalue weighted by Crippen LogP contribution is -2.29. The Labute approximate surface area is 98.8 Å². The summed E-state index contributed by atoms with van der Waals surface area (Å²) in [6.07, 6.45) is 0. The third-order valence-corrected chi connectivity index (χ3v) is 3.05. The van der Waals surface area contributed by atoms with Gasteiger partial charge in [-0.3, -0.25) is 0 Å². The number of rotatable bonds is 6. The summed E-state index contributed by atoms with van der Waals surface area (Å²) < 4.78 is 7.45. The monoisotopic (exact) mass is 224 g/mol. The first kappa shape index (κ1) is 13.3. The summed E-state index contributed by atoms with van der Waals surface area (Å²) in [4.78, 5) is 0. The number of hydrogen-bond donors (Lipinski definition) is 1. The first-order valence-corrected chi connectivity index (χ1v) is 5.98. The molecule has 0 spiro atoms. The van der Waals surface area contributed by atoms with Crippen molar-refractivity contribution in [2.45, 2.75) is 46.8 Å². The average molecular weight is 224 g/mol. The van der Waals surface area contributed by atoms with Crippen molar-refractivity contribution in [3.05, 3.63) is 23.0 Å². The molecule has 3 heteroatoms. The largest absolute Gasteiger partial charge is 0.383 e. The Morgan fingerprint density at radius 3 is 2.62 bits per heavy atom. The Hall–Kier alpha value is -0.800. The molecule has 0 aliphatic heterocycles. The molecule has 1 aromatic rings. The third-order valence-electron chi connectivity index (χ3n) is 3.05. The van der Waals surface area contributed by atoms with E-state index < -0.39 is 0 Å². The van der Waals surface area contributed by atoms with E-state index in [0.29, 0.717) is 6.04 Å². The molecule has 1 aromatic heterocycles. The van der Waals surface area contributed by atoms with E-state index in [1.165, 1.54) is 17.0 Å². The van der Waals surface area contributed by atoms with E-state index in [1.807, 2.05) is 0 Å². The number of aryl methyl sites for hydroxylation is 1. The van der Waals surface area contributed by atoms with E-state index in [-0.39, 0.29) is 0 Å². The first-order chi connectivity index (χ1) is 7.60. The number of ether oxygens (including phenoxy) is 1. The maximum atomic E-state index is 5.10. The van der Waals surface area contributed by atoms with Crippen LogP contribution in [0.3, 0.4) is 0 Å². The molecule has 0 saturated heterocycles. The number of nitrogens with one attached hydrogen (secondary N) is 1. The van der Waals surface area contributed by atoms with E-state index in [0.717, 1.165) is 19.7 Å². The van der Waals surface area contributed by atoms with Gasteiger partial charge in [0.2, 0.25) is 0 Å². The highest BCUT2D eigenvalue weighted by molar-refractivity contribution is 5.26. The summed E-state index contributed by atoms with van der Waals surface area (Å²) in [6, 6.07) is 2.67. The van der Waals surface area contributed by atoms with Crippen LogP contribution in [-0.4, -0.2) is 24.3 Å². The summed E-state index contributed by atoms with van der Waals surface area (Å²) in [5, 5.41) is 3.47. The molecule has 0 bridgehead atoms. The molecular formula is C13H24N2O. The molecule has 0 aliphatic carbocycles. The Morgan fingerprint density at radius 1 is 1.44 bits per heavy atom. The van der Waals surface area contributed by atoms with Gasteiger partial charge in [-0.25, -0.2) is 0 Å². The molecule has 1 heterocycles. The van der Waals surface area contributed by atoms with Crippen molar-refractivity contribution in [1.29, 1.82) is 0 Å². The summed E-state index contributed by atoms with van der Waals surface area (Å²) in [6.45, 7) is 11.4. The van der Waals surface area contributed by atoms with Gasteiger partial charge in [-0.15, -0.1) is 0 Å². The van der Waals surface area contributed by atoms with Crippen molar-refractivity contribution in [3.8, 4) is 0 Å². The Kier molecular flexibility index (Phi) is 5.03. The zero-order valence-electron chi connectivity index (χ0n) is 11.1. The summed E-state index contributed by atoms with van der Waals surface area (Å²) in [7, 11) is 1.74. The molecule has 0 saturated carbocycles. The van der Waals surface area contributed by atoms with Crippen molar-refractivity contribution in [1.82, 2.24) is 9.88 Å². The predicted octanol–water partition coefficient (Wildman–Crippen LogP) is 2.25. The molecule has 1 unspecified atom stereocenters. The van der Waals surface area contributed by atoms with Crippen LogP contribution in [-0.2, 0) is 17.8 Å². The Morgan fingerprint density at radius 2 is 2.12 bits per heavy atom. The molecule has 1 atom stereocenters. The second-order valence-electron chi connectivity index (χ2n) is 4.38. The maximum Gasteiger partial charge on any atom is 0.0613 e. The Balaban J connectivity index is 2.61. The van der Waals surface area contributed by atoms with Gasteiger partial charge in [0.1, 0.15) is 0 Å². The molecule has 0 fully saturated rings. The molecule has 0 aromatic carbocycles. The van der Waals surface area contributed by atoms with Gasteiger partial charge >= 0.3 is 0 Å². The number of methoxy groups -OCH3 is 1. The highest BCUT2D eigenvalue weighted by atomic mass is 16.5. The third kappa shape index (κ3) is 3.09. The fourth-order valence-corrected chi connectivity index (χ4v) is 2.13. The minimum Gasteiger partial charge on any atom is -0.383 e. The number of hydrogen-bond acceptors (Lipinski definition) is 2. The first-order valence-electron chi connectivity index (χ1n) is 5.98. The van der Waals surface area contributed by atoms with Crippen LogP contribution in [0.2, 0.25) is 0 Å². The minimum atomic E-state index is 0.398. The lowest BCUT2D eigenvalue weighted by Gasteiger charge is -2.12. The van der Waals surface area contributed by atoms with Crippen LogP contribution in [0.25, 0.3) is 0 Å². The molecule has 1 N–H and O–H groups in total. The molecule has 1 rings (SSSR count). The van der Waals surface area contributed by atoms with E-state index >= 15 is 0 Å². The van der Waals surface area contributed by atoms with E-state index in [1.54, 1.807) is 7.11 Å². The van der Waals surface area contributed by atoms with Gasteiger partial charge in [-0.05, 0) is 39.3 Å². The smallest absolute Gasteiger partial charge is 0.0613 e. The molecule has 0 amide bonds. The number of aromatic nitrogens is 1. The van der Waals surface area contributed by atoms with Gasteiger partial charge in [-0.1, -0.05) is 0 Å². The normalized spacial score (nSPS) is 13.1. The lowest BCUT2D eigenvalue weighted by atomic mass is 10.2.